The quantitative estimate of drug-likeness (QED) is 0.523. The van der Waals surface area contributed by atoms with Gasteiger partial charge in [0.05, 0.1) is 0 Å². The highest BCUT2D eigenvalue weighted by atomic mass is 19.4. The average molecular weight is 151 g/mol. The Morgan fingerprint density at radius 1 is 1.20 bits per heavy atom. The molecule has 0 spiro atoms. The van der Waals surface area contributed by atoms with Gasteiger partial charge in [0, 0.05) is 0 Å². The van der Waals surface area contributed by atoms with E-state index >= 15 is 0 Å². The van der Waals surface area contributed by atoms with Crippen LogP contribution >= 0.6 is 0 Å². The van der Waals surface area contributed by atoms with Gasteiger partial charge in [-0.15, -0.1) is 0 Å². The highest BCUT2D eigenvalue weighted by Crippen LogP contribution is 2.37. The number of halogens is 3. The van der Waals surface area contributed by atoms with Gasteiger partial charge in [-0.1, -0.05) is 12.2 Å². The zero-order chi connectivity index (χ0) is 7.83. The summed E-state index contributed by atoms with van der Waals surface area (Å²) in [5, 5.41) is 0. The molecule has 0 aromatic heterocycles. The fraction of sp³-hybridized carbons (Fsp3) is 0.667. The molecule has 0 bridgehead atoms. The van der Waals surface area contributed by atoms with Crippen molar-refractivity contribution in [3.8, 4) is 0 Å². The van der Waals surface area contributed by atoms with E-state index in [0.717, 1.165) is 0 Å². The maximum atomic E-state index is 12.0. The van der Waals surface area contributed by atoms with Crippen molar-refractivity contribution in [2.75, 3.05) is 0 Å². The molecule has 0 heterocycles. The van der Waals surface area contributed by atoms with Crippen molar-refractivity contribution in [2.24, 2.45) is 5.73 Å². The number of nitrogens with two attached hydrogens (primary N) is 1. The molecular formula is C6H8F3N. The molecule has 1 aliphatic rings. The molecule has 0 aromatic carbocycles. The van der Waals surface area contributed by atoms with Gasteiger partial charge >= 0.3 is 6.18 Å². The van der Waals surface area contributed by atoms with Crippen LogP contribution in [0.25, 0.3) is 0 Å². The normalized spacial score (nSPS) is 23.6. The van der Waals surface area contributed by atoms with E-state index in [1.54, 1.807) is 0 Å². The lowest BCUT2D eigenvalue weighted by Gasteiger charge is -2.26. The molecule has 0 unspecified atom stereocenters. The van der Waals surface area contributed by atoms with Crippen LogP contribution in [0.4, 0.5) is 13.2 Å². The molecule has 0 aliphatic heterocycles. The Bertz CT molecular complexity index is 151. The van der Waals surface area contributed by atoms with E-state index in [0.29, 0.717) is 0 Å². The zero-order valence-electron chi connectivity index (χ0n) is 5.28. The first-order valence-corrected chi connectivity index (χ1v) is 2.96. The van der Waals surface area contributed by atoms with Crippen LogP contribution in [0, 0.1) is 0 Å². The highest BCUT2D eigenvalue weighted by molar-refractivity contribution is 5.10. The minimum atomic E-state index is -4.27. The Morgan fingerprint density at radius 3 is 1.80 bits per heavy atom. The van der Waals surface area contributed by atoms with Gasteiger partial charge in [0.2, 0.25) is 0 Å². The summed E-state index contributed by atoms with van der Waals surface area (Å²) in [6.45, 7) is 0. The van der Waals surface area contributed by atoms with E-state index < -0.39 is 11.7 Å². The van der Waals surface area contributed by atoms with Crippen molar-refractivity contribution in [1.29, 1.82) is 0 Å². The van der Waals surface area contributed by atoms with Crippen LogP contribution in [0.3, 0.4) is 0 Å². The summed E-state index contributed by atoms with van der Waals surface area (Å²) >= 11 is 0. The predicted octanol–water partition coefficient (Wildman–Crippen LogP) is 1.60. The van der Waals surface area contributed by atoms with Gasteiger partial charge in [0.1, 0.15) is 5.54 Å². The standard InChI is InChI=1S/C6H8F3N/c7-6(8,9)5(10)3-1-2-4-5/h1-2H,3-4,10H2. The van der Waals surface area contributed by atoms with Crippen LogP contribution in [-0.4, -0.2) is 11.7 Å². The van der Waals surface area contributed by atoms with Crippen molar-refractivity contribution in [2.45, 2.75) is 24.6 Å². The van der Waals surface area contributed by atoms with Crippen LogP contribution < -0.4 is 5.73 Å². The summed E-state index contributed by atoms with van der Waals surface area (Å²) in [6, 6.07) is 0. The molecule has 1 rings (SSSR count). The molecule has 1 aliphatic carbocycles. The van der Waals surface area contributed by atoms with Gasteiger partial charge in [-0.25, -0.2) is 0 Å². The van der Waals surface area contributed by atoms with E-state index in [1.807, 2.05) is 0 Å². The van der Waals surface area contributed by atoms with E-state index in [2.05, 4.69) is 0 Å². The van der Waals surface area contributed by atoms with Crippen molar-refractivity contribution in [3.05, 3.63) is 12.2 Å². The maximum absolute atomic E-state index is 12.0. The summed E-state index contributed by atoms with van der Waals surface area (Å²) in [7, 11) is 0. The molecular weight excluding hydrogens is 143 g/mol. The summed E-state index contributed by atoms with van der Waals surface area (Å²) in [4.78, 5) is 0. The smallest absolute Gasteiger partial charge is 0.317 e. The zero-order valence-corrected chi connectivity index (χ0v) is 5.28. The fourth-order valence-corrected chi connectivity index (χ4v) is 0.902. The number of hydrogen-bond donors (Lipinski definition) is 1. The molecule has 1 nitrogen and oxygen atoms in total. The van der Waals surface area contributed by atoms with Crippen LogP contribution in [-0.2, 0) is 0 Å². The molecule has 0 saturated carbocycles. The Balaban J connectivity index is 2.71. The maximum Gasteiger partial charge on any atom is 0.406 e. The van der Waals surface area contributed by atoms with Gasteiger partial charge in [0.15, 0.2) is 0 Å². The van der Waals surface area contributed by atoms with Crippen molar-refractivity contribution >= 4 is 0 Å². The largest absolute Gasteiger partial charge is 0.406 e. The van der Waals surface area contributed by atoms with Gasteiger partial charge in [-0.05, 0) is 12.8 Å². The lowest BCUT2D eigenvalue weighted by molar-refractivity contribution is -0.182. The second-order valence-electron chi connectivity index (χ2n) is 2.53. The predicted molar refractivity (Wildman–Crippen MR) is 31.3 cm³/mol. The van der Waals surface area contributed by atoms with Gasteiger partial charge in [-0.3, -0.25) is 0 Å². The minimum Gasteiger partial charge on any atom is -0.317 e. The molecule has 10 heavy (non-hydrogen) atoms. The molecule has 2 N–H and O–H groups in total. The fourth-order valence-electron chi connectivity index (χ4n) is 0.902. The third-order valence-electron chi connectivity index (χ3n) is 1.70. The SMILES string of the molecule is NC1(C(F)(F)F)CC=CC1. The topological polar surface area (TPSA) is 26.0 Å². The lowest BCUT2D eigenvalue weighted by atomic mass is 9.98. The van der Waals surface area contributed by atoms with E-state index in [9.17, 15) is 13.2 Å². The molecule has 0 fully saturated rings. The Kier molecular flexibility index (Phi) is 1.51. The monoisotopic (exact) mass is 151 g/mol. The van der Waals surface area contributed by atoms with Crippen LogP contribution in [0.5, 0.6) is 0 Å². The van der Waals surface area contributed by atoms with Gasteiger partial charge in [-0.2, -0.15) is 13.2 Å². The Labute approximate surface area is 56.7 Å². The van der Waals surface area contributed by atoms with Crippen molar-refractivity contribution in [1.82, 2.24) is 0 Å². The summed E-state index contributed by atoms with van der Waals surface area (Å²) < 4.78 is 35.9. The van der Waals surface area contributed by atoms with Crippen molar-refractivity contribution in [3.63, 3.8) is 0 Å². The lowest BCUT2D eigenvalue weighted by Crippen LogP contribution is -2.51. The first kappa shape index (κ1) is 7.60. The molecule has 0 aromatic rings. The summed E-state index contributed by atoms with van der Waals surface area (Å²) in [5.41, 5.74) is 3.07. The molecule has 0 amide bonds. The molecule has 0 radical (unpaired) electrons. The van der Waals surface area contributed by atoms with E-state index in [4.69, 9.17) is 5.73 Å². The number of hydrogen-bond acceptors (Lipinski definition) is 1. The number of rotatable bonds is 0. The van der Waals surface area contributed by atoms with Crippen molar-refractivity contribution < 1.29 is 13.2 Å². The minimum absolute atomic E-state index is 0.0868. The first-order valence-electron chi connectivity index (χ1n) is 2.96. The van der Waals surface area contributed by atoms with Crippen LogP contribution in [0.2, 0.25) is 0 Å². The Morgan fingerprint density at radius 2 is 1.60 bits per heavy atom. The third kappa shape index (κ3) is 1.03. The molecule has 0 saturated heterocycles. The summed E-state index contributed by atoms with van der Waals surface area (Å²) in [5.74, 6) is 0. The third-order valence-corrected chi connectivity index (χ3v) is 1.70. The number of alkyl halides is 3. The van der Waals surface area contributed by atoms with Crippen LogP contribution in [0.1, 0.15) is 12.8 Å². The second kappa shape index (κ2) is 1.99. The van der Waals surface area contributed by atoms with E-state index in [-0.39, 0.29) is 12.8 Å². The molecule has 4 heteroatoms. The van der Waals surface area contributed by atoms with Gasteiger partial charge < -0.3 is 5.73 Å². The Hall–Kier alpha value is -0.510. The second-order valence-corrected chi connectivity index (χ2v) is 2.53. The highest BCUT2D eigenvalue weighted by Gasteiger charge is 2.51. The first-order chi connectivity index (χ1) is 4.46. The average Bonchev–Trinajstić information content (AvgIpc) is 2.13. The van der Waals surface area contributed by atoms with E-state index in [1.165, 1.54) is 12.2 Å². The summed E-state index contributed by atoms with van der Waals surface area (Å²) in [6.07, 6.45) is -1.51. The van der Waals surface area contributed by atoms with Crippen LogP contribution in [0.15, 0.2) is 12.2 Å². The van der Waals surface area contributed by atoms with Gasteiger partial charge in [0.25, 0.3) is 0 Å². The molecule has 0 atom stereocenters. The molecule has 58 valence electrons.